The van der Waals surface area contributed by atoms with Crippen LogP contribution in [-0.2, 0) is 25.7 Å². The Morgan fingerprint density at radius 2 is 0.812 bits per heavy atom. The molecule has 2 aromatic carbocycles. The van der Waals surface area contributed by atoms with Crippen molar-refractivity contribution in [2.45, 2.75) is 38.5 Å². The molecule has 0 amide bonds. The molecule has 0 saturated carbocycles. The second-order valence-electron chi connectivity index (χ2n) is 5.30. The topological polar surface area (TPSA) is 0 Å². The molecule has 80 valence electrons. The zero-order chi connectivity index (χ0) is 10.5. The Morgan fingerprint density at radius 1 is 0.500 bits per heavy atom. The van der Waals surface area contributed by atoms with Gasteiger partial charge in [0.1, 0.15) is 0 Å². The summed E-state index contributed by atoms with van der Waals surface area (Å²) in [5, 5.41) is 2.95. The van der Waals surface area contributed by atoms with E-state index >= 15 is 0 Å². The molecule has 4 rings (SSSR count). The molecular formula is C16H16. The molecule has 0 fully saturated rings. The maximum absolute atomic E-state index is 2.44. The lowest BCUT2D eigenvalue weighted by Crippen LogP contribution is -1.87. The number of benzene rings is 2. The number of hydrogen-bond acceptors (Lipinski definition) is 0. The van der Waals surface area contributed by atoms with Gasteiger partial charge in [-0.2, -0.15) is 0 Å². The molecule has 16 heavy (non-hydrogen) atoms. The normalized spacial score (nSPS) is 17.8. The van der Waals surface area contributed by atoms with Gasteiger partial charge in [-0.25, -0.2) is 0 Å². The van der Waals surface area contributed by atoms with Crippen molar-refractivity contribution >= 4 is 10.8 Å². The Kier molecular flexibility index (Phi) is 1.71. The summed E-state index contributed by atoms with van der Waals surface area (Å²) in [6.07, 6.45) is 7.88. The van der Waals surface area contributed by atoms with Crippen LogP contribution in [0.5, 0.6) is 0 Å². The van der Waals surface area contributed by atoms with Gasteiger partial charge in [-0.05, 0) is 71.6 Å². The third-order valence-corrected chi connectivity index (χ3v) is 4.26. The lowest BCUT2D eigenvalue weighted by Gasteiger charge is -2.06. The molecule has 0 radical (unpaired) electrons. The van der Waals surface area contributed by atoms with E-state index in [0.717, 1.165) is 0 Å². The molecular weight excluding hydrogens is 192 g/mol. The average molecular weight is 208 g/mol. The van der Waals surface area contributed by atoms with Crippen LogP contribution in [0.25, 0.3) is 10.8 Å². The van der Waals surface area contributed by atoms with Crippen molar-refractivity contribution < 1.29 is 0 Å². The van der Waals surface area contributed by atoms with E-state index in [-0.39, 0.29) is 0 Å². The number of rotatable bonds is 0. The van der Waals surface area contributed by atoms with Crippen LogP contribution in [0.3, 0.4) is 0 Å². The van der Waals surface area contributed by atoms with Crippen LogP contribution in [0, 0.1) is 0 Å². The number of hydrogen-bond donors (Lipinski definition) is 0. The quantitative estimate of drug-likeness (QED) is 0.617. The van der Waals surface area contributed by atoms with Crippen molar-refractivity contribution in [1.29, 1.82) is 0 Å². The average Bonchev–Trinajstić information content (AvgIpc) is 2.89. The van der Waals surface area contributed by atoms with Crippen LogP contribution in [0.1, 0.15) is 35.1 Å². The molecule has 0 saturated heterocycles. The Labute approximate surface area is 96.3 Å². The first-order chi connectivity index (χ1) is 7.90. The van der Waals surface area contributed by atoms with Crippen LogP contribution < -0.4 is 0 Å². The van der Waals surface area contributed by atoms with Crippen molar-refractivity contribution in [2.75, 3.05) is 0 Å². The van der Waals surface area contributed by atoms with E-state index in [1.807, 2.05) is 0 Å². The van der Waals surface area contributed by atoms with E-state index in [1.165, 1.54) is 49.3 Å². The minimum Gasteiger partial charge on any atom is -0.0509 e. The summed E-state index contributed by atoms with van der Waals surface area (Å²) in [4.78, 5) is 0. The lowest BCUT2D eigenvalue weighted by atomic mass is 9.98. The minimum atomic E-state index is 1.29. The van der Waals surface area contributed by atoms with E-state index in [0.29, 0.717) is 0 Å². The molecule has 0 nitrogen and oxygen atoms in total. The van der Waals surface area contributed by atoms with E-state index in [2.05, 4.69) is 24.3 Å². The van der Waals surface area contributed by atoms with Gasteiger partial charge in [-0.15, -0.1) is 0 Å². The fourth-order valence-electron chi connectivity index (χ4n) is 3.41. The zero-order valence-corrected chi connectivity index (χ0v) is 9.55. The second-order valence-corrected chi connectivity index (χ2v) is 5.30. The standard InChI is InChI=1S/C16H16/c1-3-11-7-15-9-13-5-2-6-14(13)10-16(15)8-12(11)4-1/h7-10H,1-6H2. The third-order valence-electron chi connectivity index (χ3n) is 4.26. The van der Waals surface area contributed by atoms with Gasteiger partial charge < -0.3 is 0 Å². The zero-order valence-electron chi connectivity index (χ0n) is 9.55. The number of fused-ring (bicyclic) bond motifs is 3. The van der Waals surface area contributed by atoms with Crippen LogP contribution in [0.15, 0.2) is 24.3 Å². The highest BCUT2D eigenvalue weighted by atomic mass is 14.2. The monoisotopic (exact) mass is 208 g/mol. The Morgan fingerprint density at radius 3 is 1.12 bits per heavy atom. The molecule has 2 aliphatic rings. The lowest BCUT2D eigenvalue weighted by molar-refractivity contribution is 0.911. The van der Waals surface area contributed by atoms with E-state index in [1.54, 1.807) is 22.3 Å². The van der Waals surface area contributed by atoms with E-state index < -0.39 is 0 Å². The molecule has 0 heterocycles. The molecule has 2 aromatic rings. The predicted molar refractivity (Wildman–Crippen MR) is 68.0 cm³/mol. The maximum Gasteiger partial charge on any atom is -0.0178 e. The summed E-state index contributed by atoms with van der Waals surface area (Å²) < 4.78 is 0. The van der Waals surface area contributed by atoms with Crippen LogP contribution in [0.2, 0.25) is 0 Å². The molecule has 0 unspecified atom stereocenters. The first-order valence-corrected chi connectivity index (χ1v) is 6.47. The first kappa shape index (κ1) is 8.81. The van der Waals surface area contributed by atoms with E-state index in [4.69, 9.17) is 0 Å². The number of aryl methyl sites for hydroxylation is 4. The van der Waals surface area contributed by atoms with Gasteiger partial charge >= 0.3 is 0 Å². The summed E-state index contributed by atoms with van der Waals surface area (Å²) in [5.74, 6) is 0. The van der Waals surface area contributed by atoms with Crippen molar-refractivity contribution in [1.82, 2.24) is 0 Å². The van der Waals surface area contributed by atoms with Gasteiger partial charge in [-0.1, -0.05) is 24.3 Å². The Hall–Kier alpha value is -1.30. The minimum absolute atomic E-state index is 1.29. The van der Waals surface area contributed by atoms with Gasteiger partial charge in [0.2, 0.25) is 0 Å². The molecule has 2 aliphatic carbocycles. The highest BCUT2D eigenvalue weighted by molar-refractivity contribution is 5.86. The summed E-state index contributed by atoms with van der Waals surface area (Å²) >= 11 is 0. The van der Waals surface area contributed by atoms with Crippen LogP contribution >= 0.6 is 0 Å². The Balaban J connectivity index is 2.03. The highest BCUT2D eigenvalue weighted by Gasteiger charge is 2.15. The Bertz CT molecular complexity index is 479. The summed E-state index contributed by atoms with van der Waals surface area (Å²) in [6.45, 7) is 0. The van der Waals surface area contributed by atoms with E-state index in [9.17, 15) is 0 Å². The largest absolute Gasteiger partial charge is 0.0509 e. The molecule has 0 bridgehead atoms. The third kappa shape index (κ3) is 1.16. The SMILES string of the molecule is c1c2c(cc3cc4c(cc13)CCC4)CCC2. The summed E-state index contributed by atoms with van der Waals surface area (Å²) in [7, 11) is 0. The maximum atomic E-state index is 2.44. The molecule has 0 spiro atoms. The van der Waals surface area contributed by atoms with Gasteiger partial charge in [0.05, 0.1) is 0 Å². The predicted octanol–water partition coefficient (Wildman–Crippen LogP) is 3.82. The van der Waals surface area contributed by atoms with Crippen molar-refractivity contribution in [3.8, 4) is 0 Å². The van der Waals surface area contributed by atoms with Crippen LogP contribution in [0.4, 0.5) is 0 Å². The summed E-state index contributed by atoms with van der Waals surface area (Å²) in [5.41, 5.74) is 6.41. The molecule has 0 atom stereocenters. The van der Waals surface area contributed by atoms with Crippen molar-refractivity contribution in [3.63, 3.8) is 0 Å². The van der Waals surface area contributed by atoms with Gasteiger partial charge in [0.15, 0.2) is 0 Å². The molecule has 0 N–H and O–H groups in total. The second kappa shape index (κ2) is 3.10. The van der Waals surface area contributed by atoms with Gasteiger partial charge in [0, 0.05) is 0 Å². The highest BCUT2D eigenvalue weighted by Crippen LogP contribution is 2.31. The fourth-order valence-corrected chi connectivity index (χ4v) is 3.41. The van der Waals surface area contributed by atoms with Crippen molar-refractivity contribution in [2.24, 2.45) is 0 Å². The fraction of sp³-hybridized carbons (Fsp3) is 0.375. The summed E-state index contributed by atoms with van der Waals surface area (Å²) in [6, 6.07) is 9.76. The van der Waals surface area contributed by atoms with Gasteiger partial charge in [-0.3, -0.25) is 0 Å². The molecule has 0 aromatic heterocycles. The molecule has 0 aliphatic heterocycles. The van der Waals surface area contributed by atoms with Crippen LogP contribution in [-0.4, -0.2) is 0 Å². The van der Waals surface area contributed by atoms with Crippen molar-refractivity contribution in [3.05, 3.63) is 46.5 Å². The molecule has 0 heteroatoms. The van der Waals surface area contributed by atoms with Gasteiger partial charge in [0.25, 0.3) is 0 Å². The smallest absolute Gasteiger partial charge is 0.0178 e. The first-order valence-electron chi connectivity index (χ1n) is 6.47.